The van der Waals surface area contributed by atoms with Crippen LogP contribution in [-0.2, 0) is 19.6 Å². The van der Waals surface area contributed by atoms with Gasteiger partial charge in [0.1, 0.15) is 17.0 Å². The number of halogens is 1. The molecular weight excluding hydrogens is 444 g/mol. The van der Waals surface area contributed by atoms with Crippen LogP contribution in [0, 0.1) is 0 Å². The molecule has 0 spiro atoms. The van der Waals surface area contributed by atoms with Crippen molar-refractivity contribution in [3.8, 4) is 5.75 Å². The van der Waals surface area contributed by atoms with Crippen molar-refractivity contribution < 1.29 is 14.6 Å². The molecule has 0 amide bonds. The van der Waals surface area contributed by atoms with E-state index < -0.39 is 11.4 Å². The van der Waals surface area contributed by atoms with Crippen molar-refractivity contribution in [2.75, 3.05) is 12.0 Å². The smallest absolute Gasteiger partial charge is 0.341 e. The molecule has 0 saturated carbocycles. The number of hydrogen-bond donors (Lipinski definition) is 1. The Labute approximate surface area is 193 Å². The zero-order valence-corrected chi connectivity index (χ0v) is 18.4. The molecule has 3 aromatic heterocycles. The summed E-state index contributed by atoms with van der Waals surface area (Å²) in [7, 11) is 1.57. The summed E-state index contributed by atoms with van der Waals surface area (Å²) < 4.78 is 7.10. The third-order valence-corrected chi connectivity index (χ3v) is 6.01. The van der Waals surface area contributed by atoms with Gasteiger partial charge in [0.15, 0.2) is 5.82 Å². The number of carboxylic acid groups (broad SMARTS) is 1. The number of ether oxygens (including phenoxy) is 1. The summed E-state index contributed by atoms with van der Waals surface area (Å²) in [6, 6.07) is 12.8. The number of carbonyl (C=O) groups is 1. The molecule has 1 N–H and O–H groups in total. The highest BCUT2D eigenvalue weighted by Gasteiger charge is 2.25. The van der Waals surface area contributed by atoms with Crippen LogP contribution in [0.3, 0.4) is 0 Å². The number of methoxy groups -OCH3 is 1. The monoisotopic (exact) mass is 462 g/mol. The number of nitrogens with zero attached hydrogens (tertiary/aromatic N) is 4. The molecule has 0 aliphatic carbocycles. The minimum absolute atomic E-state index is 0.147. The van der Waals surface area contributed by atoms with Gasteiger partial charge in [-0.1, -0.05) is 35.9 Å². The summed E-state index contributed by atoms with van der Waals surface area (Å²) in [5.41, 5.74) is 2.23. The number of carboxylic acids is 1. The summed E-state index contributed by atoms with van der Waals surface area (Å²) in [4.78, 5) is 35.8. The largest absolute Gasteiger partial charge is 0.496 e. The third kappa shape index (κ3) is 3.68. The molecule has 0 saturated heterocycles. The SMILES string of the molecule is COc1ccccc1Cn1cc(C(=O)O)c(=O)c2cc(Cl)c(N3Cc4cccnc4C3)nc21. The molecule has 1 aliphatic heterocycles. The van der Waals surface area contributed by atoms with Gasteiger partial charge in [0.2, 0.25) is 5.43 Å². The lowest BCUT2D eigenvalue weighted by atomic mass is 10.1. The Morgan fingerprint density at radius 2 is 2.03 bits per heavy atom. The molecule has 5 rings (SSSR count). The van der Waals surface area contributed by atoms with Gasteiger partial charge in [-0.15, -0.1) is 0 Å². The molecule has 0 unspecified atom stereocenters. The number of para-hydroxylation sites is 1. The predicted molar refractivity (Wildman–Crippen MR) is 124 cm³/mol. The fraction of sp³-hybridized carbons (Fsp3) is 0.167. The number of aromatic nitrogens is 3. The Bertz CT molecular complexity index is 1440. The van der Waals surface area contributed by atoms with Crippen molar-refractivity contribution in [1.29, 1.82) is 0 Å². The summed E-state index contributed by atoms with van der Waals surface area (Å²) in [6.07, 6.45) is 3.07. The second kappa shape index (κ2) is 8.22. The topological polar surface area (TPSA) is 97.5 Å². The molecule has 9 heteroatoms. The maximum atomic E-state index is 12.9. The Kier molecular flexibility index (Phi) is 5.22. The van der Waals surface area contributed by atoms with Gasteiger partial charge in [0, 0.05) is 24.5 Å². The van der Waals surface area contributed by atoms with Crippen LogP contribution in [0.2, 0.25) is 5.02 Å². The van der Waals surface area contributed by atoms with Crippen molar-refractivity contribution in [2.45, 2.75) is 19.6 Å². The third-order valence-electron chi connectivity index (χ3n) is 5.73. The number of rotatable bonds is 5. The second-order valence-corrected chi connectivity index (χ2v) is 8.15. The van der Waals surface area contributed by atoms with E-state index in [1.807, 2.05) is 41.3 Å². The highest BCUT2D eigenvalue weighted by atomic mass is 35.5. The zero-order valence-electron chi connectivity index (χ0n) is 17.7. The van der Waals surface area contributed by atoms with E-state index in [0.717, 1.165) is 16.8 Å². The summed E-state index contributed by atoms with van der Waals surface area (Å²) in [5.74, 6) is -0.146. The number of benzene rings is 1. The van der Waals surface area contributed by atoms with Crippen LogP contribution in [0.4, 0.5) is 5.82 Å². The first-order valence-electron chi connectivity index (χ1n) is 10.2. The van der Waals surface area contributed by atoms with Crippen LogP contribution < -0.4 is 15.1 Å². The standard InChI is InChI=1S/C24H19ClN4O4/c1-33-20-7-3-2-5-15(20)11-28-12-17(24(31)32)21(30)16-9-18(25)23(27-22(16)28)29-10-14-6-4-8-26-19(14)13-29/h2-9,12H,10-11,13H2,1H3,(H,31,32). The molecule has 4 aromatic rings. The molecule has 0 atom stereocenters. The molecule has 8 nitrogen and oxygen atoms in total. The van der Waals surface area contributed by atoms with Crippen LogP contribution in [0.15, 0.2) is 59.7 Å². The molecule has 0 fully saturated rings. The van der Waals surface area contributed by atoms with E-state index in [4.69, 9.17) is 21.3 Å². The minimum atomic E-state index is -1.31. The quantitative estimate of drug-likeness (QED) is 0.482. The fourth-order valence-electron chi connectivity index (χ4n) is 4.14. The van der Waals surface area contributed by atoms with E-state index in [2.05, 4.69) is 4.98 Å². The lowest BCUT2D eigenvalue weighted by Gasteiger charge is -2.20. The average molecular weight is 463 g/mol. The van der Waals surface area contributed by atoms with Gasteiger partial charge in [0.25, 0.3) is 0 Å². The second-order valence-electron chi connectivity index (χ2n) is 7.75. The van der Waals surface area contributed by atoms with Crippen LogP contribution in [0.5, 0.6) is 5.75 Å². The molecule has 0 bridgehead atoms. The first-order chi connectivity index (χ1) is 16.0. The van der Waals surface area contributed by atoms with E-state index >= 15 is 0 Å². The van der Waals surface area contributed by atoms with Crippen LogP contribution in [0.1, 0.15) is 27.2 Å². The summed E-state index contributed by atoms with van der Waals surface area (Å²) in [5, 5.41) is 10.0. The fourth-order valence-corrected chi connectivity index (χ4v) is 4.41. The highest BCUT2D eigenvalue weighted by molar-refractivity contribution is 6.33. The molecule has 166 valence electrons. The van der Waals surface area contributed by atoms with Gasteiger partial charge >= 0.3 is 5.97 Å². The number of hydrogen-bond acceptors (Lipinski definition) is 6. The molecule has 4 heterocycles. The lowest BCUT2D eigenvalue weighted by molar-refractivity contribution is 0.0695. The molecule has 1 aromatic carbocycles. The van der Waals surface area contributed by atoms with Crippen molar-refractivity contribution in [3.05, 3.63) is 92.5 Å². The number of fused-ring (bicyclic) bond motifs is 2. The Balaban J connectivity index is 1.68. The number of anilines is 1. The van der Waals surface area contributed by atoms with E-state index in [0.29, 0.717) is 30.3 Å². The van der Waals surface area contributed by atoms with Gasteiger partial charge in [0.05, 0.1) is 36.3 Å². The Morgan fingerprint density at radius 3 is 2.79 bits per heavy atom. The van der Waals surface area contributed by atoms with Gasteiger partial charge in [-0.3, -0.25) is 9.78 Å². The van der Waals surface area contributed by atoms with Crippen LogP contribution in [0.25, 0.3) is 11.0 Å². The van der Waals surface area contributed by atoms with Gasteiger partial charge in [-0.25, -0.2) is 9.78 Å². The van der Waals surface area contributed by atoms with Crippen molar-refractivity contribution in [3.63, 3.8) is 0 Å². The lowest BCUT2D eigenvalue weighted by Crippen LogP contribution is -2.22. The van der Waals surface area contributed by atoms with E-state index in [-0.39, 0.29) is 22.5 Å². The molecule has 1 aliphatic rings. The predicted octanol–water partition coefficient (Wildman–Crippen LogP) is 3.72. The Hall–Kier alpha value is -3.91. The normalized spacial score (nSPS) is 12.7. The van der Waals surface area contributed by atoms with Crippen LogP contribution in [-0.4, -0.2) is 32.7 Å². The van der Waals surface area contributed by atoms with Gasteiger partial charge in [-0.05, 0) is 23.8 Å². The van der Waals surface area contributed by atoms with Crippen molar-refractivity contribution in [1.82, 2.24) is 14.5 Å². The zero-order chi connectivity index (χ0) is 23.1. The average Bonchev–Trinajstić information content (AvgIpc) is 3.24. The maximum absolute atomic E-state index is 12.9. The minimum Gasteiger partial charge on any atom is -0.496 e. The molecular formula is C24H19ClN4O4. The first-order valence-corrected chi connectivity index (χ1v) is 10.6. The summed E-state index contributed by atoms with van der Waals surface area (Å²) in [6.45, 7) is 1.39. The van der Waals surface area contributed by atoms with Crippen LogP contribution >= 0.6 is 11.6 Å². The highest BCUT2D eigenvalue weighted by Crippen LogP contribution is 2.33. The van der Waals surface area contributed by atoms with E-state index in [1.165, 1.54) is 12.3 Å². The van der Waals surface area contributed by atoms with E-state index in [9.17, 15) is 14.7 Å². The van der Waals surface area contributed by atoms with Gasteiger partial charge < -0.3 is 19.3 Å². The van der Waals surface area contributed by atoms with Crippen molar-refractivity contribution >= 4 is 34.4 Å². The summed E-state index contributed by atoms with van der Waals surface area (Å²) >= 11 is 6.55. The van der Waals surface area contributed by atoms with Crippen molar-refractivity contribution in [2.24, 2.45) is 0 Å². The molecule has 33 heavy (non-hydrogen) atoms. The molecule has 0 radical (unpaired) electrons. The Morgan fingerprint density at radius 1 is 1.21 bits per heavy atom. The van der Waals surface area contributed by atoms with E-state index in [1.54, 1.807) is 17.9 Å². The first kappa shape index (κ1) is 21.0. The maximum Gasteiger partial charge on any atom is 0.341 e. The number of pyridine rings is 3. The number of aromatic carboxylic acids is 1. The van der Waals surface area contributed by atoms with Gasteiger partial charge in [-0.2, -0.15) is 0 Å².